The maximum absolute atomic E-state index is 12.1. The Bertz CT molecular complexity index is 813. The molecule has 0 radical (unpaired) electrons. The lowest BCUT2D eigenvalue weighted by atomic mass is 10.2. The Morgan fingerprint density at radius 1 is 0.963 bits per heavy atom. The molecule has 142 valence electrons. The molecule has 1 amide bonds. The summed E-state index contributed by atoms with van der Waals surface area (Å²) in [6.07, 6.45) is -0.207. The number of methoxy groups -OCH3 is 1. The van der Waals surface area contributed by atoms with Crippen molar-refractivity contribution >= 4 is 23.5 Å². The smallest absolute Gasteiger partial charge is 0.341 e. The van der Waals surface area contributed by atoms with Gasteiger partial charge in [0.1, 0.15) is 11.3 Å². The van der Waals surface area contributed by atoms with Gasteiger partial charge in [-0.3, -0.25) is 4.79 Å². The predicted molar refractivity (Wildman–Crippen MR) is 98.9 cm³/mol. The quantitative estimate of drug-likeness (QED) is 0.752. The van der Waals surface area contributed by atoms with E-state index in [1.165, 1.54) is 7.11 Å². The minimum atomic E-state index is -0.546. The highest BCUT2D eigenvalue weighted by Gasteiger charge is 2.14. The van der Waals surface area contributed by atoms with Crippen molar-refractivity contribution in [1.82, 2.24) is 0 Å². The van der Waals surface area contributed by atoms with E-state index in [1.807, 2.05) is 0 Å². The van der Waals surface area contributed by atoms with Gasteiger partial charge in [0, 0.05) is 5.69 Å². The molecule has 0 bridgehead atoms. The summed E-state index contributed by atoms with van der Waals surface area (Å²) in [7, 11) is 1.27. The first-order valence-corrected chi connectivity index (χ1v) is 8.31. The second-order valence-corrected chi connectivity index (χ2v) is 5.86. The lowest BCUT2D eigenvalue weighted by Gasteiger charge is -2.11. The fourth-order valence-electron chi connectivity index (χ4n) is 2.18. The van der Waals surface area contributed by atoms with E-state index >= 15 is 0 Å². The highest BCUT2D eigenvalue weighted by Crippen LogP contribution is 2.19. The molecule has 2 aromatic carbocycles. The highest BCUT2D eigenvalue weighted by atomic mass is 16.5. The summed E-state index contributed by atoms with van der Waals surface area (Å²) >= 11 is 0. The van der Waals surface area contributed by atoms with Gasteiger partial charge in [-0.05, 0) is 50.2 Å². The third-order valence-corrected chi connectivity index (χ3v) is 3.40. The van der Waals surface area contributed by atoms with Gasteiger partial charge in [0.05, 0.1) is 18.8 Å². The molecule has 0 aromatic heterocycles. The van der Waals surface area contributed by atoms with Gasteiger partial charge in [-0.15, -0.1) is 0 Å². The summed E-state index contributed by atoms with van der Waals surface area (Å²) in [5.41, 5.74) is 1.14. The van der Waals surface area contributed by atoms with Crippen molar-refractivity contribution < 1.29 is 28.6 Å². The summed E-state index contributed by atoms with van der Waals surface area (Å²) in [5, 5.41) is 2.65. The Morgan fingerprint density at radius 2 is 1.63 bits per heavy atom. The van der Waals surface area contributed by atoms with Crippen LogP contribution in [0.3, 0.4) is 0 Å². The monoisotopic (exact) mass is 371 g/mol. The topological polar surface area (TPSA) is 90.9 Å². The first-order chi connectivity index (χ1) is 12.9. The summed E-state index contributed by atoms with van der Waals surface area (Å²) in [4.78, 5) is 35.5. The average Bonchev–Trinajstić information content (AvgIpc) is 2.66. The number of anilines is 1. The van der Waals surface area contributed by atoms with Crippen LogP contribution in [0.4, 0.5) is 5.69 Å². The largest absolute Gasteiger partial charge is 0.483 e. The molecule has 0 aliphatic rings. The Labute approximate surface area is 157 Å². The maximum Gasteiger partial charge on any atom is 0.341 e. The molecule has 0 spiro atoms. The van der Waals surface area contributed by atoms with Crippen molar-refractivity contribution in [1.29, 1.82) is 0 Å². The van der Waals surface area contributed by atoms with E-state index in [0.29, 0.717) is 11.3 Å². The number of rotatable bonds is 7. The lowest BCUT2D eigenvalue weighted by molar-refractivity contribution is -0.118. The van der Waals surface area contributed by atoms with E-state index in [2.05, 4.69) is 10.1 Å². The molecule has 2 rings (SSSR count). The zero-order valence-corrected chi connectivity index (χ0v) is 15.4. The Balaban J connectivity index is 1.93. The van der Waals surface area contributed by atoms with Crippen molar-refractivity contribution in [2.24, 2.45) is 0 Å². The molecule has 0 heterocycles. The van der Waals surface area contributed by atoms with Crippen molar-refractivity contribution in [3.8, 4) is 5.75 Å². The van der Waals surface area contributed by atoms with Crippen LogP contribution >= 0.6 is 0 Å². The first kappa shape index (κ1) is 20.0. The number of hydrogen-bond acceptors (Lipinski definition) is 6. The van der Waals surface area contributed by atoms with Gasteiger partial charge in [0.2, 0.25) is 0 Å². The molecule has 7 nitrogen and oxygen atoms in total. The zero-order valence-electron chi connectivity index (χ0n) is 15.4. The number of amides is 1. The molecular formula is C20H21NO6. The van der Waals surface area contributed by atoms with Crippen LogP contribution in [-0.4, -0.2) is 37.7 Å². The molecule has 2 aromatic rings. The van der Waals surface area contributed by atoms with Crippen LogP contribution in [0.5, 0.6) is 5.75 Å². The van der Waals surface area contributed by atoms with E-state index in [0.717, 1.165) is 0 Å². The Morgan fingerprint density at radius 3 is 2.26 bits per heavy atom. The summed E-state index contributed by atoms with van der Waals surface area (Å²) in [6, 6.07) is 12.8. The van der Waals surface area contributed by atoms with Crippen molar-refractivity contribution in [2.45, 2.75) is 20.0 Å². The third kappa shape index (κ3) is 5.85. The molecular weight excluding hydrogens is 350 g/mol. The molecule has 0 unspecified atom stereocenters. The number of carbonyl (C=O) groups is 3. The summed E-state index contributed by atoms with van der Waals surface area (Å²) < 4.78 is 15.2. The van der Waals surface area contributed by atoms with Crippen LogP contribution in [0.25, 0.3) is 0 Å². The normalized spacial score (nSPS) is 10.2. The van der Waals surface area contributed by atoms with Gasteiger partial charge in [-0.1, -0.05) is 12.1 Å². The fourth-order valence-corrected chi connectivity index (χ4v) is 2.18. The molecule has 27 heavy (non-hydrogen) atoms. The molecule has 0 aliphatic heterocycles. The molecule has 0 fully saturated rings. The Hall–Kier alpha value is -3.35. The second-order valence-electron chi connectivity index (χ2n) is 5.86. The van der Waals surface area contributed by atoms with E-state index in [4.69, 9.17) is 9.47 Å². The molecule has 0 aliphatic carbocycles. The van der Waals surface area contributed by atoms with Crippen LogP contribution in [0.15, 0.2) is 48.5 Å². The number of esters is 2. The van der Waals surface area contributed by atoms with Crippen molar-refractivity contribution in [3.63, 3.8) is 0 Å². The molecule has 7 heteroatoms. The number of para-hydroxylation sites is 1. The summed E-state index contributed by atoms with van der Waals surface area (Å²) in [6.45, 7) is 3.25. The van der Waals surface area contributed by atoms with E-state index in [-0.39, 0.29) is 24.0 Å². The van der Waals surface area contributed by atoms with Gasteiger partial charge in [-0.2, -0.15) is 0 Å². The SMILES string of the molecule is COC(=O)c1ccccc1OCC(=O)Nc1ccc(C(=O)OC(C)C)cc1. The number of carbonyl (C=O) groups excluding carboxylic acids is 3. The van der Waals surface area contributed by atoms with Gasteiger partial charge in [0.25, 0.3) is 5.91 Å². The number of benzene rings is 2. The van der Waals surface area contributed by atoms with E-state index < -0.39 is 17.8 Å². The number of nitrogens with one attached hydrogen (secondary N) is 1. The van der Waals surface area contributed by atoms with Crippen LogP contribution in [0.2, 0.25) is 0 Å². The highest BCUT2D eigenvalue weighted by molar-refractivity contribution is 5.95. The minimum absolute atomic E-state index is 0.207. The average molecular weight is 371 g/mol. The first-order valence-electron chi connectivity index (χ1n) is 8.31. The van der Waals surface area contributed by atoms with Gasteiger partial charge < -0.3 is 19.5 Å². The predicted octanol–water partition coefficient (Wildman–Crippen LogP) is 3.06. The maximum atomic E-state index is 12.1. The van der Waals surface area contributed by atoms with Crippen LogP contribution < -0.4 is 10.1 Å². The van der Waals surface area contributed by atoms with Gasteiger partial charge >= 0.3 is 11.9 Å². The third-order valence-electron chi connectivity index (χ3n) is 3.40. The molecule has 0 atom stereocenters. The summed E-state index contributed by atoms with van der Waals surface area (Å²) in [5.74, 6) is -1.13. The lowest BCUT2D eigenvalue weighted by Crippen LogP contribution is -2.21. The fraction of sp³-hybridized carbons (Fsp3) is 0.250. The van der Waals surface area contributed by atoms with Gasteiger partial charge in [0.15, 0.2) is 6.61 Å². The molecule has 1 N–H and O–H groups in total. The van der Waals surface area contributed by atoms with Crippen LogP contribution in [0, 0.1) is 0 Å². The molecule has 0 saturated heterocycles. The Kier molecular flexibility index (Phi) is 6.93. The number of hydrogen-bond donors (Lipinski definition) is 1. The molecule has 0 saturated carbocycles. The number of ether oxygens (including phenoxy) is 3. The van der Waals surface area contributed by atoms with Gasteiger partial charge in [-0.25, -0.2) is 9.59 Å². The zero-order chi connectivity index (χ0) is 19.8. The van der Waals surface area contributed by atoms with Crippen molar-refractivity contribution in [2.75, 3.05) is 19.0 Å². The van der Waals surface area contributed by atoms with E-state index in [1.54, 1.807) is 62.4 Å². The van der Waals surface area contributed by atoms with Crippen LogP contribution in [0.1, 0.15) is 34.6 Å². The standard InChI is InChI=1S/C20H21NO6/c1-13(2)27-19(23)14-8-10-15(11-9-14)21-18(22)12-26-17-7-5-4-6-16(17)20(24)25-3/h4-11,13H,12H2,1-3H3,(H,21,22). The van der Waals surface area contributed by atoms with Crippen molar-refractivity contribution in [3.05, 3.63) is 59.7 Å². The minimum Gasteiger partial charge on any atom is -0.483 e. The second kappa shape index (κ2) is 9.38. The van der Waals surface area contributed by atoms with E-state index in [9.17, 15) is 14.4 Å². The van der Waals surface area contributed by atoms with Crippen LogP contribution in [-0.2, 0) is 14.3 Å².